The molecule has 0 atom stereocenters. The maximum absolute atomic E-state index is 11.8. The number of carbonyl (C=O) groups is 1. The van der Waals surface area contributed by atoms with Gasteiger partial charge in [0.05, 0.1) is 6.42 Å². The van der Waals surface area contributed by atoms with E-state index in [0.29, 0.717) is 5.56 Å². The minimum atomic E-state index is -4.73. The molecule has 0 aliphatic carbocycles. The molecule has 1 rings (SSSR count). The Labute approximate surface area is 85.1 Å². The van der Waals surface area contributed by atoms with Crippen LogP contribution in [0.2, 0.25) is 0 Å². The number of hydrogen-bond acceptors (Lipinski definition) is 2. The third kappa shape index (κ3) is 4.35. The number of halogens is 3. The third-order valence-electron chi connectivity index (χ3n) is 1.51. The lowest BCUT2D eigenvalue weighted by Crippen LogP contribution is -2.17. The van der Waals surface area contributed by atoms with E-state index in [1.807, 2.05) is 0 Å². The van der Waals surface area contributed by atoms with Crippen LogP contribution in [0.5, 0.6) is 5.75 Å². The number of hydrogen-bond donors (Lipinski definition) is 1. The van der Waals surface area contributed by atoms with Crippen LogP contribution < -0.4 is 10.5 Å². The number of benzene rings is 1. The fourth-order valence-electron chi connectivity index (χ4n) is 1.05. The van der Waals surface area contributed by atoms with Gasteiger partial charge in [-0.3, -0.25) is 4.79 Å². The van der Waals surface area contributed by atoms with E-state index in [-0.39, 0.29) is 13.6 Å². The Morgan fingerprint density at radius 3 is 2.67 bits per heavy atom. The van der Waals surface area contributed by atoms with Gasteiger partial charge >= 0.3 is 6.36 Å². The summed E-state index contributed by atoms with van der Waals surface area (Å²) < 4.78 is 39.1. The number of carbonyl (C=O) groups excluding carboxylic acids is 1. The summed E-state index contributed by atoms with van der Waals surface area (Å²) in [5.41, 5.74) is 5.28. The molecule has 6 heteroatoms. The van der Waals surface area contributed by atoms with Gasteiger partial charge in [0.2, 0.25) is 5.91 Å². The van der Waals surface area contributed by atoms with Gasteiger partial charge < -0.3 is 10.5 Å². The first-order chi connectivity index (χ1) is 6.87. The smallest absolute Gasteiger partial charge is 0.406 e. The van der Waals surface area contributed by atoms with Crippen LogP contribution in [0.3, 0.4) is 0 Å². The van der Waals surface area contributed by atoms with Gasteiger partial charge in [0, 0.05) is 1.43 Å². The van der Waals surface area contributed by atoms with Gasteiger partial charge in [-0.2, -0.15) is 0 Å². The molecule has 0 aromatic heterocycles. The van der Waals surface area contributed by atoms with Gasteiger partial charge in [-0.1, -0.05) is 12.1 Å². The van der Waals surface area contributed by atoms with Crippen molar-refractivity contribution in [2.75, 3.05) is 0 Å². The maximum Gasteiger partial charge on any atom is 0.573 e. The summed E-state index contributed by atoms with van der Waals surface area (Å²) in [5.74, 6) is -0.972. The van der Waals surface area contributed by atoms with Crippen LogP contribution in [0.4, 0.5) is 13.2 Å². The molecule has 15 heavy (non-hydrogen) atoms. The van der Waals surface area contributed by atoms with E-state index in [9.17, 15) is 18.0 Å². The first kappa shape index (κ1) is 11.4. The lowest BCUT2D eigenvalue weighted by atomic mass is 10.1. The second-order valence-corrected chi connectivity index (χ2v) is 2.84. The summed E-state index contributed by atoms with van der Waals surface area (Å²) in [5, 5.41) is 0. The molecule has 0 saturated heterocycles. The molecule has 84 valence electrons. The molecule has 0 heterocycles. The van der Waals surface area contributed by atoms with Crippen LogP contribution in [0.15, 0.2) is 24.3 Å². The Morgan fingerprint density at radius 1 is 1.47 bits per heavy atom. The van der Waals surface area contributed by atoms with Gasteiger partial charge in [-0.05, 0) is 17.7 Å². The molecule has 0 aliphatic rings. The van der Waals surface area contributed by atoms with Crippen molar-refractivity contribution in [2.24, 2.45) is 5.73 Å². The highest BCUT2D eigenvalue weighted by molar-refractivity contribution is 5.76. The summed E-state index contributed by atoms with van der Waals surface area (Å²) in [7, 11) is 0. The van der Waals surface area contributed by atoms with E-state index < -0.39 is 12.3 Å². The Kier molecular flexibility index (Phi) is 3.18. The zero-order valence-corrected chi connectivity index (χ0v) is 7.54. The number of primary amides is 1. The monoisotopic (exact) mass is 221 g/mol. The van der Waals surface area contributed by atoms with Gasteiger partial charge in [-0.25, -0.2) is 0 Å². The van der Waals surface area contributed by atoms with E-state index in [1.54, 1.807) is 0 Å². The fourth-order valence-corrected chi connectivity index (χ4v) is 1.05. The highest BCUT2D eigenvalue weighted by atomic mass is 19.4. The quantitative estimate of drug-likeness (QED) is 0.846. The highest BCUT2D eigenvalue weighted by Gasteiger charge is 2.31. The molecule has 0 saturated carbocycles. The van der Waals surface area contributed by atoms with Crippen LogP contribution in [-0.2, 0) is 11.2 Å². The molecule has 0 unspecified atom stereocenters. The molecule has 0 radical (unpaired) electrons. The summed E-state index contributed by atoms with van der Waals surface area (Å²) >= 11 is 0. The van der Waals surface area contributed by atoms with Crippen molar-refractivity contribution in [1.29, 1.82) is 0 Å². The third-order valence-corrected chi connectivity index (χ3v) is 1.51. The van der Waals surface area contributed by atoms with E-state index in [1.165, 1.54) is 12.1 Å². The van der Waals surface area contributed by atoms with Gasteiger partial charge in [0.1, 0.15) is 5.75 Å². The lowest BCUT2D eigenvalue weighted by Gasteiger charge is -2.09. The van der Waals surface area contributed by atoms with Crippen LogP contribution in [0.1, 0.15) is 6.99 Å². The molecular formula is C9H10F3NO2. The summed E-state index contributed by atoms with van der Waals surface area (Å²) in [6.07, 6.45) is -4.85. The van der Waals surface area contributed by atoms with E-state index in [2.05, 4.69) is 4.74 Å². The summed E-state index contributed by atoms with van der Waals surface area (Å²) in [4.78, 5) is 10.5. The SMILES string of the molecule is NC(=O)Cc1cccc(OC(F)(F)F)c1.[HH]. The van der Waals surface area contributed by atoms with E-state index >= 15 is 0 Å². The molecule has 1 aromatic carbocycles. The number of alkyl halides is 3. The molecule has 0 fully saturated rings. The normalized spacial score (nSPS) is 11.1. The van der Waals surface area contributed by atoms with Crippen LogP contribution >= 0.6 is 0 Å². The molecule has 0 bridgehead atoms. The van der Waals surface area contributed by atoms with Gasteiger partial charge in [-0.15, -0.1) is 13.2 Å². The molecule has 1 amide bonds. The Morgan fingerprint density at radius 2 is 2.13 bits per heavy atom. The van der Waals surface area contributed by atoms with Gasteiger partial charge in [0.25, 0.3) is 0 Å². The lowest BCUT2D eigenvalue weighted by molar-refractivity contribution is -0.274. The van der Waals surface area contributed by atoms with Crippen LogP contribution in [0.25, 0.3) is 0 Å². The van der Waals surface area contributed by atoms with Crippen molar-refractivity contribution < 1.29 is 24.1 Å². The zero-order chi connectivity index (χ0) is 11.5. The van der Waals surface area contributed by atoms with Crippen molar-refractivity contribution in [3.8, 4) is 5.75 Å². The molecule has 0 spiro atoms. The number of ether oxygens (including phenoxy) is 1. The molecule has 1 aromatic rings. The average Bonchev–Trinajstić information content (AvgIpc) is 1.99. The van der Waals surface area contributed by atoms with Crippen LogP contribution in [0, 0.1) is 0 Å². The topological polar surface area (TPSA) is 52.3 Å². The largest absolute Gasteiger partial charge is 0.573 e. The number of rotatable bonds is 3. The second-order valence-electron chi connectivity index (χ2n) is 2.84. The molecule has 3 nitrogen and oxygen atoms in total. The van der Waals surface area contributed by atoms with Crippen molar-refractivity contribution in [1.82, 2.24) is 0 Å². The van der Waals surface area contributed by atoms with E-state index in [4.69, 9.17) is 5.73 Å². The van der Waals surface area contributed by atoms with Crippen LogP contribution in [-0.4, -0.2) is 12.3 Å². The highest BCUT2D eigenvalue weighted by Crippen LogP contribution is 2.23. The predicted molar refractivity (Wildman–Crippen MR) is 48.1 cm³/mol. The first-order valence-electron chi connectivity index (χ1n) is 4.00. The zero-order valence-electron chi connectivity index (χ0n) is 7.54. The Balaban J connectivity index is 0.00000225. The standard InChI is InChI=1S/C9H8F3NO2.H2/c10-9(11,12)15-7-3-1-2-6(4-7)5-8(13)14;/h1-4H,5H2,(H2,13,14);1H. The predicted octanol–water partition coefficient (Wildman–Crippen LogP) is 1.86. The molecule has 2 N–H and O–H groups in total. The van der Waals surface area contributed by atoms with Crippen molar-refractivity contribution in [3.05, 3.63) is 29.8 Å². The first-order valence-corrected chi connectivity index (χ1v) is 4.00. The average molecular weight is 221 g/mol. The van der Waals surface area contributed by atoms with Crippen molar-refractivity contribution in [2.45, 2.75) is 12.8 Å². The number of nitrogens with two attached hydrogens (primary N) is 1. The molecule has 0 aliphatic heterocycles. The second kappa shape index (κ2) is 4.20. The maximum atomic E-state index is 11.8. The van der Waals surface area contributed by atoms with E-state index in [0.717, 1.165) is 12.1 Å². The summed E-state index contributed by atoms with van der Waals surface area (Å²) in [6, 6.07) is 5.13. The van der Waals surface area contributed by atoms with Gasteiger partial charge in [0.15, 0.2) is 0 Å². The minimum Gasteiger partial charge on any atom is -0.406 e. The minimum absolute atomic E-state index is 0. The molecular weight excluding hydrogens is 211 g/mol. The van der Waals surface area contributed by atoms with Crippen molar-refractivity contribution in [3.63, 3.8) is 0 Å². The summed E-state index contributed by atoms with van der Waals surface area (Å²) in [6.45, 7) is 0. The Bertz CT molecular complexity index is 368. The van der Waals surface area contributed by atoms with Crippen molar-refractivity contribution >= 4 is 5.91 Å². The fraction of sp³-hybridized carbons (Fsp3) is 0.222. The number of amides is 1. The Hall–Kier alpha value is -1.72.